The number of hydrogen-bond donors (Lipinski definition) is 1. The van der Waals surface area contributed by atoms with E-state index in [1.165, 1.54) is 10.9 Å². The largest absolute Gasteiger partial charge is 0.497 e. The van der Waals surface area contributed by atoms with E-state index in [1.807, 2.05) is 39.0 Å². The third-order valence-electron chi connectivity index (χ3n) is 6.23. The quantitative estimate of drug-likeness (QED) is 0.346. The number of ether oxygens (including phenoxy) is 2. The number of aryl methyl sites for hydroxylation is 1. The molecule has 0 bridgehead atoms. The molecule has 0 aliphatic carbocycles. The van der Waals surface area contributed by atoms with Crippen molar-refractivity contribution in [3.63, 3.8) is 0 Å². The van der Waals surface area contributed by atoms with Crippen LogP contribution in [-0.4, -0.2) is 41.3 Å². The van der Waals surface area contributed by atoms with Crippen molar-refractivity contribution in [2.75, 3.05) is 26.0 Å². The van der Waals surface area contributed by atoms with Crippen molar-refractivity contribution >= 4 is 17.3 Å². The second-order valence-electron chi connectivity index (χ2n) is 8.62. The Balaban J connectivity index is 1.80. The number of aromatic nitrogens is 2. The standard InChI is InChI=1S/C29H30N4O4/c1-6-32(4)28(34)21-10-8-11-22(17-21)31-27-26(37-25-12-7-9-19(2)20(25)3)18-30-33(29(27)35)23-13-15-24(36-5)16-14-23/h7-18,31H,6H2,1-5H3. The molecule has 8 nitrogen and oxygen atoms in total. The number of hydrogen-bond acceptors (Lipinski definition) is 6. The van der Waals surface area contributed by atoms with Crippen molar-refractivity contribution in [3.05, 3.63) is 100.0 Å². The number of benzene rings is 3. The first-order valence-electron chi connectivity index (χ1n) is 12.0. The molecular weight excluding hydrogens is 468 g/mol. The highest BCUT2D eigenvalue weighted by molar-refractivity contribution is 5.95. The summed E-state index contributed by atoms with van der Waals surface area (Å²) in [6.07, 6.45) is 1.51. The fraction of sp³-hybridized carbons (Fsp3) is 0.207. The van der Waals surface area contributed by atoms with E-state index >= 15 is 0 Å². The summed E-state index contributed by atoms with van der Waals surface area (Å²) in [5.74, 6) is 1.46. The second-order valence-corrected chi connectivity index (χ2v) is 8.62. The molecule has 190 valence electrons. The number of carbonyl (C=O) groups is 1. The number of methoxy groups -OCH3 is 1. The third-order valence-corrected chi connectivity index (χ3v) is 6.23. The summed E-state index contributed by atoms with van der Waals surface area (Å²) in [6.45, 7) is 6.46. The molecule has 0 saturated heterocycles. The van der Waals surface area contributed by atoms with E-state index in [4.69, 9.17) is 9.47 Å². The minimum Gasteiger partial charge on any atom is -0.497 e. The Hall–Kier alpha value is -4.59. The van der Waals surface area contributed by atoms with Crippen LogP contribution < -0.4 is 20.3 Å². The van der Waals surface area contributed by atoms with Gasteiger partial charge in [-0.25, -0.2) is 0 Å². The lowest BCUT2D eigenvalue weighted by Crippen LogP contribution is -2.26. The van der Waals surface area contributed by atoms with Crippen molar-refractivity contribution in [2.24, 2.45) is 0 Å². The smallest absolute Gasteiger partial charge is 0.299 e. The lowest BCUT2D eigenvalue weighted by molar-refractivity contribution is 0.0802. The summed E-state index contributed by atoms with van der Waals surface area (Å²) >= 11 is 0. The molecule has 0 radical (unpaired) electrons. The number of nitrogens with zero attached hydrogens (tertiary/aromatic N) is 3. The van der Waals surface area contributed by atoms with Gasteiger partial charge in [0.1, 0.15) is 11.5 Å². The molecule has 0 atom stereocenters. The van der Waals surface area contributed by atoms with Crippen LogP contribution >= 0.6 is 0 Å². The van der Waals surface area contributed by atoms with Gasteiger partial charge >= 0.3 is 0 Å². The Morgan fingerprint density at radius 1 is 1.03 bits per heavy atom. The molecule has 37 heavy (non-hydrogen) atoms. The van der Waals surface area contributed by atoms with Crippen molar-refractivity contribution in [3.8, 4) is 22.9 Å². The Bertz CT molecular complexity index is 1480. The zero-order valence-electron chi connectivity index (χ0n) is 21.6. The van der Waals surface area contributed by atoms with Crippen LogP contribution in [0.25, 0.3) is 5.69 Å². The molecule has 4 rings (SSSR count). The Kier molecular flexibility index (Phi) is 7.57. The van der Waals surface area contributed by atoms with Gasteiger partial charge < -0.3 is 19.7 Å². The van der Waals surface area contributed by atoms with Crippen LogP contribution in [0.3, 0.4) is 0 Å². The Labute approximate surface area is 216 Å². The SMILES string of the molecule is CCN(C)C(=O)c1cccc(Nc2c(Oc3cccc(C)c3C)cnn(-c3ccc(OC)cc3)c2=O)c1. The van der Waals surface area contributed by atoms with Gasteiger partial charge in [-0.05, 0) is 80.4 Å². The summed E-state index contributed by atoms with van der Waals surface area (Å²) < 4.78 is 12.7. The molecule has 1 aromatic heterocycles. The first-order valence-corrected chi connectivity index (χ1v) is 12.0. The van der Waals surface area contributed by atoms with Crippen LogP contribution in [0.1, 0.15) is 28.4 Å². The van der Waals surface area contributed by atoms with Gasteiger partial charge in [-0.2, -0.15) is 9.78 Å². The zero-order chi connectivity index (χ0) is 26.5. The van der Waals surface area contributed by atoms with Crippen LogP contribution in [0.4, 0.5) is 11.4 Å². The first-order chi connectivity index (χ1) is 17.8. The summed E-state index contributed by atoms with van der Waals surface area (Å²) in [5.41, 5.74) is 3.47. The molecule has 1 amide bonds. The molecular formula is C29H30N4O4. The minimum absolute atomic E-state index is 0.108. The van der Waals surface area contributed by atoms with Crippen LogP contribution in [0.2, 0.25) is 0 Å². The van der Waals surface area contributed by atoms with Gasteiger partial charge in [0.05, 0.1) is 19.0 Å². The molecule has 0 aliphatic heterocycles. The fourth-order valence-electron chi connectivity index (χ4n) is 3.73. The van der Waals surface area contributed by atoms with Gasteiger partial charge in [-0.1, -0.05) is 18.2 Å². The summed E-state index contributed by atoms with van der Waals surface area (Å²) in [4.78, 5) is 28.0. The highest BCUT2D eigenvalue weighted by atomic mass is 16.5. The van der Waals surface area contributed by atoms with Gasteiger partial charge in [-0.3, -0.25) is 9.59 Å². The average molecular weight is 499 g/mol. The molecule has 4 aromatic rings. The molecule has 1 N–H and O–H groups in total. The second kappa shape index (κ2) is 11.0. The fourth-order valence-corrected chi connectivity index (χ4v) is 3.73. The van der Waals surface area contributed by atoms with Gasteiger partial charge in [0.2, 0.25) is 0 Å². The lowest BCUT2D eigenvalue weighted by atomic mass is 10.1. The third kappa shape index (κ3) is 5.48. The maximum absolute atomic E-state index is 13.7. The first kappa shape index (κ1) is 25.5. The summed E-state index contributed by atoms with van der Waals surface area (Å²) in [7, 11) is 3.33. The molecule has 0 saturated carbocycles. The van der Waals surface area contributed by atoms with Crippen molar-refractivity contribution in [1.82, 2.24) is 14.7 Å². The normalized spacial score (nSPS) is 10.6. The summed E-state index contributed by atoms with van der Waals surface area (Å²) in [6, 6.07) is 19.8. The molecule has 8 heteroatoms. The van der Waals surface area contributed by atoms with Crippen LogP contribution in [0, 0.1) is 13.8 Å². The number of rotatable bonds is 8. The number of amides is 1. The van der Waals surface area contributed by atoms with Gasteiger partial charge in [0.15, 0.2) is 11.4 Å². The molecule has 0 fully saturated rings. The zero-order valence-corrected chi connectivity index (χ0v) is 21.6. The maximum Gasteiger partial charge on any atom is 0.299 e. The molecule has 3 aromatic carbocycles. The van der Waals surface area contributed by atoms with Gasteiger partial charge in [-0.15, -0.1) is 0 Å². The van der Waals surface area contributed by atoms with Crippen LogP contribution in [-0.2, 0) is 0 Å². The number of nitrogens with one attached hydrogen (secondary N) is 1. The van der Waals surface area contributed by atoms with Crippen LogP contribution in [0.5, 0.6) is 17.2 Å². The predicted molar refractivity (Wildman–Crippen MR) is 145 cm³/mol. The Morgan fingerprint density at radius 3 is 2.46 bits per heavy atom. The van der Waals surface area contributed by atoms with E-state index in [0.717, 1.165) is 11.1 Å². The number of carbonyl (C=O) groups excluding carboxylic acids is 1. The van der Waals surface area contributed by atoms with E-state index in [2.05, 4.69) is 10.4 Å². The van der Waals surface area contributed by atoms with Crippen molar-refractivity contribution < 1.29 is 14.3 Å². The van der Waals surface area contributed by atoms with E-state index in [9.17, 15) is 9.59 Å². The lowest BCUT2D eigenvalue weighted by Gasteiger charge is -2.17. The van der Waals surface area contributed by atoms with Gasteiger partial charge in [0, 0.05) is 24.8 Å². The monoisotopic (exact) mass is 498 g/mol. The average Bonchev–Trinajstić information content (AvgIpc) is 2.92. The molecule has 0 unspecified atom stereocenters. The van der Waals surface area contributed by atoms with Crippen molar-refractivity contribution in [1.29, 1.82) is 0 Å². The van der Waals surface area contributed by atoms with Crippen molar-refractivity contribution in [2.45, 2.75) is 20.8 Å². The van der Waals surface area contributed by atoms with E-state index in [-0.39, 0.29) is 17.3 Å². The van der Waals surface area contributed by atoms with Crippen LogP contribution in [0.15, 0.2) is 77.7 Å². The molecule has 0 aliphatic rings. The predicted octanol–water partition coefficient (Wildman–Crippen LogP) is 5.49. The minimum atomic E-state index is -0.407. The summed E-state index contributed by atoms with van der Waals surface area (Å²) in [5, 5.41) is 7.56. The maximum atomic E-state index is 13.7. The molecule has 1 heterocycles. The van der Waals surface area contributed by atoms with E-state index in [1.54, 1.807) is 67.6 Å². The number of anilines is 2. The highest BCUT2D eigenvalue weighted by Gasteiger charge is 2.18. The van der Waals surface area contributed by atoms with E-state index in [0.29, 0.717) is 35.0 Å². The van der Waals surface area contributed by atoms with E-state index < -0.39 is 5.56 Å². The molecule has 0 spiro atoms. The Morgan fingerprint density at radius 2 is 1.76 bits per heavy atom. The topological polar surface area (TPSA) is 85.7 Å². The highest BCUT2D eigenvalue weighted by Crippen LogP contribution is 2.32. The van der Waals surface area contributed by atoms with Gasteiger partial charge in [0.25, 0.3) is 11.5 Å².